The summed E-state index contributed by atoms with van der Waals surface area (Å²) in [7, 11) is 4.22. The normalized spacial score (nSPS) is 27.9. The number of benzene rings is 1. The third kappa shape index (κ3) is 3.58. The van der Waals surface area contributed by atoms with Crippen molar-refractivity contribution in [2.45, 2.75) is 50.6 Å². The molecule has 2 nitrogen and oxygen atoms in total. The summed E-state index contributed by atoms with van der Waals surface area (Å²) in [6.07, 6.45) is 5.32. The first kappa shape index (κ1) is 16.7. The number of hydrogen-bond donors (Lipinski definition) is 1. The first-order chi connectivity index (χ1) is 9.85. The van der Waals surface area contributed by atoms with Crippen LogP contribution in [0.2, 0.25) is 5.02 Å². The van der Waals surface area contributed by atoms with E-state index in [1.54, 1.807) is 6.07 Å². The quantitative estimate of drug-likeness (QED) is 0.914. The van der Waals surface area contributed by atoms with Gasteiger partial charge in [0.2, 0.25) is 0 Å². The number of likely N-dealkylation sites (N-methyl/N-ethyl adjacent to an activating group) is 1. The molecule has 1 atom stereocenters. The molecule has 4 heteroatoms. The Hall–Kier alpha value is -0.640. The summed E-state index contributed by atoms with van der Waals surface area (Å²) in [6, 6.07) is 5.00. The monoisotopic (exact) mass is 312 g/mol. The molecule has 0 bridgehead atoms. The van der Waals surface area contributed by atoms with E-state index < -0.39 is 0 Å². The maximum atomic E-state index is 13.6. The Bertz CT molecular complexity index is 482. The molecular formula is C17H26ClFN2. The Morgan fingerprint density at radius 3 is 2.52 bits per heavy atom. The van der Waals surface area contributed by atoms with Crippen LogP contribution in [0.5, 0.6) is 0 Å². The molecule has 0 heterocycles. The van der Waals surface area contributed by atoms with Crippen LogP contribution in [0.3, 0.4) is 0 Å². The lowest BCUT2D eigenvalue weighted by Gasteiger charge is -2.48. The minimum Gasteiger partial charge on any atom is -0.326 e. The molecule has 2 N–H and O–H groups in total. The van der Waals surface area contributed by atoms with E-state index in [1.807, 2.05) is 6.07 Å². The van der Waals surface area contributed by atoms with Gasteiger partial charge in [0, 0.05) is 11.6 Å². The SMILES string of the molecule is CC1CCC(C(N)Cc2ccc(Cl)c(F)c2)(N(C)C)CC1. The lowest BCUT2D eigenvalue weighted by molar-refractivity contribution is 0.0568. The van der Waals surface area contributed by atoms with Gasteiger partial charge in [-0.25, -0.2) is 4.39 Å². The highest BCUT2D eigenvalue weighted by Crippen LogP contribution is 2.38. The van der Waals surface area contributed by atoms with Crippen LogP contribution in [0.25, 0.3) is 0 Å². The maximum absolute atomic E-state index is 13.6. The second-order valence-electron chi connectivity index (χ2n) is 6.74. The molecule has 1 fully saturated rings. The van der Waals surface area contributed by atoms with E-state index in [0.29, 0.717) is 6.42 Å². The summed E-state index contributed by atoms with van der Waals surface area (Å²) in [6.45, 7) is 2.31. The zero-order valence-electron chi connectivity index (χ0n) is 13.2. The Morgan fingerprint density at radius 1 is 1.38 bits per heavy atom. The van der Waals surface area contributed by atoms with E-state index in [2.05, 4.69) is 25.9 Å². The van der Waals surface area contributed by atoms with Gasteiger partial charge in [-0.05, 0) is 69.8 Å². The first-order valence-electron chi connectivity index (χ1n) is 7.72. The third-order valence-electron chi connectivity index (χ3n) is 5.16. The summed E-state index contributed by atoms with van der Waals surface area (Å²) in [5.41, 5.74) is 7.49. The topological polar surface area (TPSA) is 29.3 Å². The molecule has 1 unspecified atom stereocenters. The molecular weight excluding hydrogens is 287 g/mol. The van der Waals surface area contributed by atoms with Crippen LogP contribution >= 0.6 is 11.6 Å². The molecule has 0 saturated heterocycles. The second-order valence-corrected chi connectivity index (χ2v) is 7.15. The van der Waals surface area contributed by atoms with E-state index in [0.717, 1.165) is 24.3 Å². The zero-order valence-corrected chi connectivity index (χ0v) is 14.0. The van der Waals surface area contributed by atoms with Gasteiger partial charge in [0.15, 0.2) is 0 Å². The highest BCUT2D eigenvalue weighted by atomic mass is 35.5. The molecule has 0 radical (unpaired) electrons. The average molecular weight is 313 g/mol. The largest absolute Gasteiger partial charge is 0.326 e. The van der Waals surface area contributed by atoms with Crippen molar-refractivity contribution < 1.29 is 4.39 Å². The molecule has 0 aromatic heterocycles. The molecule has 1 aromatic carbocycles. The number of nitrogens with two attached hydrogens (primary N) is 1. The van der Waals surface area contributed by atoms with Gasteiger partial charge >= 0.3 is 0 Å². The molecule has 21 heavy (non-hydrogen) atoms. The molecule has 0 aliphatic heterocycles. The van der Waals surface area contributed by atoms with Crippen molar-refractivity contribution in [1.82, 2.24) is 4.90 Å². The van der Waals surface area contributed by atoms with Gasteiger partial charge in [-0.2, -0.15) is 0 Å². The van der Waals surface area contributed by atoms with E-state index in [9.17, 15) is 4.39 Å². The lowest BCUT2D eigenvalue weighted by Crippen LogP contribution is -2.59. The smallest absolute Gasteiger partial charge is 0.142 e. The van der Waals surface area contributed by atoms with Gasteiger partial charge < -0.3 is 10.6 Å². The minimum absolute atomic E-state index is 0.000533. The van der Waals surface area contributed by atoms with E-state index >= 15 is 0 Å². The van der Waals surface area contributed by atoms with Gasteiger partial charge in [-0.1, -0.05) is 24.6 Å². The van der Waals surface area contributed by atoms with Crippen LogP contribution in [0.4, 0.5) is 4.39 Å². The van der Waals surface area contributed by atoms with E-state index in [-0.39, 0.29) is 22.4 Å². The zero-order chi connectivity index (χ0) is 15.6. The van der Waals surface area contributed by atoms with Gasteiger partial charge in [-0.15, -0.1) is 0 Å². The van der Waals surface area contributed by atoms with Crippen LogP contribution < -0.4 is 5.73 Å². The van der Waals surface area contributed by atoms with Crippen LogP contribution in [0.15, 0.2) is 18.2 Å². The predicted octanol–water partition coefficient (Wildman–Crippen LogP) is 3.86. The predicted molar refractivity (Wildman–Crippen MR) is 87.1 cm³/mol. The Kier molecular flexibility index (Phi) is 5.29. The molecule has 0 amide bonds. The standard InChI is InChI=1S/C17H26ClFN2/c1-12-6-8-17(9-7-12,21(2)3)16(20)11-13-4-5-14(18)15(19)10-13/h4-5,10,12,16H,6-9,11,20H2,1-3H3. The van der Waals surface area contributed by atoms with Crippen LogP contribution in [0, 0.1) is 11.7 Å². The molecule has 118 valence electrons. The summed E-state index contributed by atoms with van der Waals surface area (Å²) >= 11 is 5.75. The lowest BCUT2D eigenvalue weighted by atomic mass is 9.71. The van der Waals surface area contributed by atoms with Crippen molar-refractivity contribution in [3.05, 3.63) is 34.6 Å². The van der Waals surface area contributed by atoms with E-state index in [4.69, 9.17) is 17.3 Å². The first-order valence-corrected chi connectivity index (χ1v) is 8.10. The van der Waals surface area contributed by atoms with Crippen molar-refractivity contribution in [1.29, 1.82) is 0 Å². The Balaban J connectivity index is 2.15. The minimum atomic E-state index is -0.363. The van der Waals surface area contributed by atoms with Crippen LogP contribution in [-0.4, -0.2) is 30.6 Å². The molecule has 0 spiro atoms. The van der Waals surface area contributed by atoms with E-state index in [1.165, 1.54) is 18.9 Å². The van der Waals surface area contributed by atoms with Gasteiger partial charge in [0.05, 0.1) is 5.02 Å². The Morgan fingerprint density at radius 2 is 2.00 bits per heavy atom. The summed E-state index contributed by atoms with van der Waals surface area (Å²) in [5.74, 6) is 0.413. The van der Waals surface area contributed by atoms with Crippen molar-refractivity contribution in [2.24, 2.45) is 11.7 Å². The fourth-order valence-corrected chi connectivity index (χ4v) is 3.64. The van der Waals surface area contributed by atoms with Gasteiger partial charge in [-0.3, -0.25) is 0 Å². The van der Waals surface area contributed by atoms with Gasteiger partial charge in [0.1, 0.15) is 5.82 Å². The highest BCUT2D eigenvalue weighted by Gasteiger charge is 2.41. The second kappa shape index (κ2) is 6.64. The third-order valence-corrected chi connectivity index (χ3v) is 5.47. The summed E-state index contributed by atoms with van der Waals surface area (Å²) in [4.78, 5) is 2.27. The van der Waals surface area contributed by atoms with Crippen LogP contribution in [0.1, 0.15) is 38.2 Å². The van der Waals surface area contributed by atoms with Crippen molar-refractivity contribution in [3.8, 4) is 0 Å². The number of hydrogen-bond acceptors (Lipinski definition) is 2. The van der Waals surface area contributed by atoms with Crippen molar-refractivity contribution in [2.75, 3.05) is 14.1 Å². The van der Waals surface area contributed by atoms with Crippen molar-refractivity contribution in [3.63, 3.8) is 0 Å². The van der Waals surface area contributed by atoms with Crippen LogP contribution in [-0.2, 0) is 6.42 Å². The summed E-state index contributed by atoms with van der Waals surface area (Å²) < 4.78 is 13.6. The molecule has 1 aromatic rings. The number of rotatable bonds is 4. The molecule has 1 saturated carbocycles. The Labute approximate surface area is 132 Å². The fourth-order valence-electron chi connectivity index (χ4n) is 3.52. The molecule has 2 rings (SSSR count). The number of halogens is 2. The molecule has 1 aliphatic carbocycles. The average Bonchev–Trinajstić information content (AvgIpc) is 2.43. The summed E-state index contributed by atoms with van der Waals surface area (Å²) in [5, 5.41) is 0.168. The maximum Gasteiger partial charge on any atom is 0.142 e. The van der Waals surface area contributed by atoms with Gasteiger partial charge in [0.25, 0.3) is 0 Å². The fraction of sp³-hybridized carbons (Fsp3) is 0.647. The highest BCUT2D eigenvalue weighted by molar-refractivity contribution is 6.30. The van der Waals surface area contributed by atoms with Crippen molar-refractivity contribution >= 4 is 11.6 Å². The molecule has 1 aliphatic rings. The number of nitrogens with zero attached hydrogens (tertiary/aromatic N) is 1.